The molecule has 1 saturated heterocycles. The molecule has 1 fully saturated rings. The van der Waals surface area contributed by atoms with E-state index in [1.54, 1.807) is 7.11 Å². The van der Waals surface area contributed by atoms with Gasteiger partial charge in [-0.05, 0) is 36.1 Å². The van der Waals surface area contributed by atoms with Crippen molar-refractivity contribution in [2.45, 2.75) is 71.4 Å². The lowest BCUT2D eigenvalue weighted by molar-refractivity contribution is -0.132. The maximum atomic E-state index is 13.2. The van der Waals surface area contributed by atoms with Gasteiger partial charge in [-0.15, -0.1) is 0 Å². The van der Waals surface area contributed by atoms with Crippen LogP contribution >= 0.6 is 0 Å². The van der Waals surface area contributed by atoms with E-state index in [2.05, 4.69) is 17.9 Å². The summed E-state index contributed by atoms with van der Waals surface area (Å²) in [6, 6.07) is 16.1. The number of nitrogens with zero attached hydrogens (tertiary/aromatic N) is 2. The van der Waals surface area contributed by atoms with E-state index in [1.807, 2.05) is 47.4 Å². The third kappa shape index (κ3) is 10.7. The molecule has 6 nitrogen and oxygen atoms in total. The fourth-order valence-electron chi connectivity index (χ4n) is 4.70. The summed E-state index contributed by atoms with van der Waals surface area (Å²) >= 11 is 0. The van der Waals surface area contributed by atoms with Crippen LogP contribution in [-0.2, 0) is 22.7 Å². The monoisotopic (exact) mass is 510 g/mol. The van der Waals surface area contributed by atoms with Crippen molar-refractivity contribution in [3.05, 3.63) is 59.7 Å². The number of benzene rings is 2. The lowest BCUT2D eigenvalue weighted by Crippen LogP contribution is -2.39. The van der Waals surface area contributed by atoms with Crippen LogP contribution in [0.3, 0.4) is 0 Å². The van der Waals surface area contributed by atoms with Crippen LogP contribution in [0.5, 0.6) is 11.5 Å². The molecule has 3 rings (SSSR count). The molecule has 0 bridgehead atoms. The molecule has 0 aliphatic carbocycles. The molecule has 6 heteroatoms. The highest BCUT2D eigenvalue weighted by Crippen LogP contribution is 2.29. The van der Waals surface area contributed by atoms with Crippen LogP contribution in [0.25, 0.3) is 0 Å². The molecule has 1 aliphatic heterocycles. The Balaban J connectivity index is 1.57. The molecule has 0 radical (unpaired) electrons. The van der Waals surface area contributed by atoms with Crippen LogP contribution in [0.4, 0.5) is 0 Å². The number of rotatable bonds is 17. The number of hydrogen-bond acceptors (Lipinski definition) is 5. The van der Waals surface area contributed by atoms with Gasteiger partial charge < -0.3 is 19.1 Å². The maximum Gasteiger partial charge on any atom is 0.222 e. The molecule has 0 unspecified atom stereocenters. The van der Waals surface area contributed by atoms with Gasteiger partial charge >= 0.3 is 0 Å². The molecular weight excluding hydrogens is 464 g/mol. The van der Waals surface area contributed by atoms with Crippen molar-refractivity contribution in [3.8, 4) is 11.5 Å². The highest BCUT2D eigenvalue weighted by atomic mass is 16.5. The molecule has 0 spiro atoms. The van der Waals surface area contributed by atoms with E-state index in [9.17, 15) is 4.79 Å². The third-order valence-corrected chi connectivity index (χ3v) is 6.94. The summed E-state index contributed by atoms with van der Waals surface area (Å²) in [6.45, 7) is 8.64. The molecule has 37 heavy (non-hydrogen) atoms. The average Bonchev–Trinajstić information content (AvgIpc) is 2.94. The van der Waals surface area contributed by atoms with Crippen LogP contribution in [-0.4, -0.2) is 62.2 Å². The second-order valence-electron chi connectivity index (χ2n) is 9.90. The van der Waals surface area contributed by atoms with Gasteiger partial charge in [-0.25, -0.2) is 0 Å². The Kier molecular flexibility index (Phi) is 13.3. The largest absolute Gasteiger partial charge is 0.493 e. The highest BCUT2D eigenvalue weighted by molar-refractivity contribution is 5.76. The van der Waals surface area contributed by atoms with Crippen molar-refractivity contribution < 1.29 is 19.0 Å². The number of carbonyl (C=O) groups is 1. The van der Waals surface area contributed by atoms with E-state index < -0.39 is 0 Å². The smallest absolute Gasteiger partial charge is 0.222 e. The molecule has 1 heterocycles. The van der Waals surface area contributed by atoms with Gasteiger partial charge in [0, 0.05) is 39.1 Å². The maximum absolute atomic E-state index is 13.2. The Morgan fingerprint density at radius 3 is 2.43 bits per heavy atom. The van der Waals surface area contributed by atoms with Gasteiger partial charge in [-0.1, -0.05) is 75.4 Å². The van der Waals surface area contributed by atoms with Gasteiger partial charge in [0.2, 0.25) is 5.91 Å². The zero-order chi connectivity index (χ0) is 26.1. The molecule has 204 valence electrons. The zero-order valence-electron chi connectivity index (χ0n) is 23.0. The van der Waals surface area contributed by atoms with Crippen molar-refractivity contribution in [3.63, 3.8) is 0 Å². The summed E-state index contributed by atoms with van der Waals surface area (Å²) in [6.07, 6.45) is 8.72. The molecule has 1 amide bonds. The highest BCUT2D eigenvalue weighted by Gasteiger charge is 2.17. The minimum Gasteiger partial charge on any atom is -0.493 e. The summed E-state index contributed by atoms with van der Waals surface area (Å²) in [5.41, 5.74) is 2.17. The van der Waals surface area contributed by atoms with Crippen molar-refractivity contribution in [1.82, 2.24) is 9.80 Å². The molecule has 2 aromatic carbocycles. The van der Waals surface area contributed by atoms with Gasteiger partial charge in [0.25, 0.3) is 0 Å². The summed E-state index contributed by atoms with van der Waals surface area (Å²) in [4.78, 5) is 17.7. The standard InChI is InChI=1S/C31H46N2O4/c1-3-4-5-6-7-11-15-31(34)33(19-12-18-32-20-22-36-23-21-32)25-28-16-17-29(30(24-28)35-2)37-26-27-13-9-8-10-14-27/h8-10,13-14,16-17,24H,3-7,11-12,15,18-23,25-26H2,1-2H3. The SMILES string of the molecule is CCCCCCCCC(=O)N(CCCN1CCOCC1)Cc1ccc(OCc2ccccc2)c(OC)c1. The van der Waals surface area contributed by atoms with E-state index in [0.29, 0.717) is 31.1 Å². The van der Waals surface area contributed by atoms with Crippen molar-refractivity contribution in [2.24, 2.45) is 0 Å². The lowest BCUT2D eigenvalue weighted by Gasteiger charge is -2.28. The van der Waals surface area contributed by atoms with Crippen LogP contribution in [0.1, 0.15) is 69.4 Å². The number of carbonyl (C=O) groups excluding carboxylic acids is 1. The fourth-order valence-corrected chi connectivity index (χ4v) is 4.70. The first-order valence-electron chi connectivity index (χ1n) is 14.1. The van der Waals surface area contributed by atoms with Crippen LogP contribution in [0, 0.1) is 0 Å². The van der Waals surface area contributed by atoms with Crippen LogP contribution < -0.4 is 9.47 Å². The van der Waals surface area contributed by atoms with Crippen LogP contribution in [0.2, 0.25) is 0 Å². The third-order valence-electron chi connectivity index (χ3n) is 6.94. The fraction of sp³-hybridized carbons (Fsp3) is 0.581. The number of hydrogen-bond donors (Lipinski definition) is 0. The van der Waals surface area contributed by atoms with Crippen molar-refractivity contribution >= 4 is 5.91 Å². The Hall–Kier alpha value is -2.57. The molecule has 0 saturated carbocycles. The first kappa shape index (κ1) is 29.0. The quantitative estimate of drug-likeness (QED) is 0.242. The van der Waals surface area contributed by atoms with E-state index in [4.69, 9.17) is 14.2 Å². The number of unbranched alkanes of at least 4 members (excludes halogenated alkanes) is 5. The number of morpholine rings is 1. The topological polar surface area (TPSA) is 51.2 Å². The van der Waals surface area contributed by atoms with Crippen LogP contribution in [0.15, 0.2) is 48.5 Å². The molecular formula is C31H46N2O4. The molecule has 1 aliphatic rings. The number of ether oxygens (including phenoxy) is 3. The Morgan fingerprint density at radius 1 is 0.919 bits per heavy atom. The summed E-state index contributed by atoms with van der Waals surface area (Å²) in [7, 11) is 1.66. The predicted molar refractivity (Wildman–Crippen MR) is 149 cm³/mol. The van der Waals surface area contributed by atoms with E-state index in [-0.39, 0.29) is 5.91 Å². The Morgan fingerprint density at radius 2 is 1.68 bits per heavy atom. The van der Waals surface area contributed by atoms with Gasteiger partial charge in [-0.3, -0.25) is 9.69 Å². The summed E-state index contributed by atoms with van der Waals surface area (Å²) in [5, 5.41) is 0. The molecule has 0 aromatic heterocycles. The van der Waals surface area contributed by atoms with E-state index in [1.165, 1.54) is 25.7 Å². The van der Waals surface area contributed by atoms with E-state index >= 15 is 0 Å². The Bertz CT molecular complexity index is 899. The zero-order valence-corrected chi connectivity index (χ0v) is 23.0. The lowest BCUT2D eigenvalue weighted by atomic mass is 10.1. The minimum absolute atomic E-state index is 0.251. The predicted octanol–water partition coefficient (Wildman–Crippen LogP) is 6.08. The molecule has 0 atom stereocenters. The van der Waals surface area contributed by atoms with Gasteiger partial charge in [-0.2, -0.15) is 0 Å². The number of amides is 1. The first-order valence-corrected chi connectivity index (χ1v) is 14.1. The van der Waals surface area contributed by atoms with Crippen molar-refractivity contribution in [2.75, 3.05) is 46.5 Å². The molecule has 2 aromatic rings. The first-order chi connectivity index (χ1) is 18.2. The normalized spacial score (nSPS) is 13.9. The molecule has 0 N–H and O–H groups in total. The second kappa shape index (κ2) is 17.0. The average molecular weight is 511 g/mol. The van der Waals surface area contributed by atoms with Gasteiger partial charge in [0.15, 0.2) is 11.5 Å². The van der Waals surface area contributed by atoms with E-state index in [0.717, 1.165) is 69.8 Å². The number of methoxy groups -OCH3 is 1. The Labute approximate surface area is 223 Å². The van der Waals surface area contributed by atoms with Crippen molar-refractivity contribution in [1.29, 1.82) is 0 Å². The van der Waals surface area contributed by atoms with Gasteiger partial charge in [0.05, 0.1) is 20.3 Å². The minimum atomic E-state index is 0.251. The summed E-state index contributed by atoms with van der Waals surface area (Å²) < 4.78 is 17.1. The van der Waals surface area contributed by atoms with Gasteiger partial charge in [0.1, 0.15) is 6.61 Å². The second-order valence-corrected chi connectivity index (χ2v) is 9.90. The summed E-state index contributed by atoms with van der Waals surface area (Å²) in [5.74, 6) is 1.67.